The molecule has 112 valence electrons. The molecule has 1 aromatic heterocycles. The van der Waals surface area contributed by atoms with E-state index in [1.165, 1.54) is 19.3 Å². The molecule has 1 aromatic rings. The molecular weight excluding hydrogens is 250 g/mol. The Kier molecular flexibility index (Phi) is 5.59. The number of hydrazine groups is 1. The molecule has 20 heavy (non-hydrogen) atoms. The van der Waals surface area contributed by atoms with Gasteiger partial charge in [0.05, 0.1) is 0 Å². The van der Waals surface area contributed by atoms with Gasteiger partial charge in [-0.3, -0.25) is 0 Å². The zero-order valence-electron chi connectivity index (χ0n) is 13.0. The molecule has 0 saturated carbocycles. The fourth-order valence-electron chi connectivity index (χ4n) is 2.50. The van der Waals surface area contributed by atoms with E-state index < -0.39 is 0 Å². The largest absolute Gasteiger partial charge is 0.370 e. The molecule has 2 N–H and O–H groups in total. The summed E-state index contributed by atoms with van der Waals surface area (Å²) < 4.78 is 0. The van der Waals surface area contributed by atoms with Crippen molar-refractivity contribution in [2.75, 3.05) is 30.4 Å². The molecule has 1 fully saturated rings. The molecule has 5 nitrogen and oxygen atoms in total. The minimum absolute atomic E-state index is 0.882. The average molecular weight is 277 g/mol. The van der Waals surface area contributed by atoms with Crippen LogP contribution in [0.15, 0.2) is 0 Å². The number of hydrogen-bond acceptors (Lipinski definition) is 5. The Morgan fingerprint density at radius 1 is 1.05 bits per heavy atom. The number of anilines is 2. The van der Waals surface area contributed by atoms with E-state index in [0.29, 0.717) is 0 Å². The van der Waals surface area contributed by atoms with Gasteiger partial charge in [0.1, 0.15) is 17.5 Å². The Morgan fingerprint density at radius 2 is 1.75 bits per heavy atom. The third-order valence-electron chi connectivity index (χ3n) is 3.63. The summed E-state index contributed by atoms with van der Waals surface area (Å²) in [7, 11) is 0. The van der Waals surface area contributed by atoms with Crippen LogP contribution in [0.5, 0.6) is 0 Å². The van der Waals surface area contributed by atoms with Gasteiger partial charge in [-0.2, -0.15) is 0 Å². The Balaban J connectivity index is 2.19. The van der Waals surface area contributed by atoms with Crippen molar-refractivity contribution >= 4 is 11.6 Å². The van der Waals surface area contributed by atoms with E-state index in [1.54, 1.807) is 0 Å². The number of aryl methyl sites for hydroxylation is 1. The second-order valence-electron chi connectivity index (χ2n) is 5.40. The second kappa shape index (κ2) is 7.43. The van der Waals surface area contributed by atoms with Crippen LogP contribution in [0, 0.1) is 6.92 Å². The molecule has 5 heteroatoms. The Hall–Kier alpha value is -1.36. The van der Waals surface area contributed by atoms with Crippen LogP contribution >= 0.6 is 0 Å². The van der Waals surface area contributed by atoms with Gasteiger partial charge in [0, 0.05) is 31.6 Å². The summed E-state index contributed by atoms with van der Waals surface area (Å²) in [4.78, 5) is 9.32. The first-order chi connectivity index (χ1) is 9.74. The van der Waals surface area contributed by atoms with E-state index in [-0.39, 0.29) is 0 Å². The molecule has 0 atom stereocenters. The van der Waals surface area contributed by atoms with Crippen LogP contribution in [0.2, 0.25) is 0 Å². The molecule has 2 rings (SSSR count). The summed E-state index contributed by atoms with van der Waals surface area (Å²) in [6.45, 7) is 9.42. The minimum Gasteiger partial charge on any atom is -0.370 e. The summed E-state index contributed by atoms with van der Waals surface area (Å²) in [5.74, 6) is 2.85. The average Bonchev–Trinajstić information content (AvgIpc) is 2.45. The van der Waals surface area contributed by atoms with Crippen LogP contribution < -0.4 is 10.7 Å². The van der Waals surface area contributed by atoms with Crippen molar-refractivity contribution in [1.29, 1.82) is 0 Å². The molecule has 0 amide bonds. The summed E-state index contributed by atoms with van der Waals surface area (Å²) in [5.41, 5.74) is 4.60. The van der Waals surface area contributed by atoms with Crippen LogP contribution in [0.3, 0.4) is 0 Å². The lowest BCUT2D eigenvalue weighted by molar-refractivity contribution is 0.272. The van der Waals surface area contributed by atoms with Crippen LogP contribution in [0.4, 0.5) is 11.6 Å². The molecular formula is C15H27N5. The molecule has 0 unspecified atom stereocenters. The smallest absolute Gasteiger partial charge is 0.149 e. The van der Waals surface area contributed by atoms with Crippen LogP contribution in [0.1, 0.15) is 50.9 Å². The van der Waals surface area contributed by atoms with Gasteiger partial charge in [0.25, 0.3) is 0 Å². The SMILES string of the molecule is CCCc1nc(NCC)c(C)c(NN2CCCCC2)n1. The van der Waals surface area contributed by atoms with Crippen LogP contribution in [-0.2, 0) is 6.42 Å². The third kappa shape index (κ3) is 3.82. The molecule has 0 spiro atoms. The number of rotatable bonds is 6. The topological polar surface area (TPSA) is 53.1 Å². The fraction of sp³-hybridized carbons (Fsp3) is 0.733. The van der Waals surface area contributed by atoms with Crippen molar-refractivity contribution in [2.24, 2.45) is 0 Å². The monoisotopic (exact) mass is 277 g/mol. The second-order valence-corrected chi connectivity index (χ2v) is 5.40. The quantitative estimate of drug-likeness (QED) is 0.837. The predicted octanol–water partition coefficient (Wildman–Crippen LogP) is 2.98. The lowest BCUT2D eigenvalue weighted by atomic mass is 10.2. The fourth-order valence-corrected chi connectivity index (χ4v) is 2.50. The molecule has 0 bridgehead atoms. The van der Waals surface area contributed by atoms with Gasteiger partial charge < -0.3 is 10.7 Å². The molecule has 1 aliphatic heterocycles. The first-order valence-electron chi connectivity index (χ1n) is 7.87. The highest BCUT2D eigenvalue weighted by atomic mass is 15.5. The highest BCUT2D eigenvalue weighted by Gasteiger charge is 2.15. The van der Waals surface area contributed by atoms with Gasteiger partial charge >= 0.3 is 0 Å². The molecule has 1 aliphatic rings. The van der Waals surface area contributed by atoms with E-state index in [2.05, 4.69) is 41.5 Å². The van der Waals surface area contributed by atoms with E-state index in [0.717, 1.165) is 55.5 Å². The standard InChI is InChI=1S/C15H27N5/c1-4-9-13-17-14(16-5-2)12(3)15(18-13)19-20-10-7-6-8-11-20/h4-11H2,1-3H3,(H2,16,17,18,19). The number of nitrogens with one attached hydrogen (secondary N) is 2. The van der Waals surface area contributed by atoms with Crippen molar-refractivity contribution in [2.45, 2.75) is 52.9 Å². The van der Waals surface area contributed by atoms with E-state index in [1.807, 2.05) is 0 Å². The van der Waals surface area contributed by atoms with Crippen molar-refractivity contribution in [3.8, 4) is 0 Å². The zero-order valence-corrected chi connectivity index (χ0v) is 13.0. The van der Waals surface area contributed by atoms with Crippen molar-refractivity contribution in [3.05, 3.63) is 11.4 Å². The lowest BCUT2D eigenvalue weighted by Gasteiger charge is -2.28. The maximum Gasteiger partial charge on any atom is 0.149 e. The van der Waals surface area contributed by atoms with Gasteiger partial charge in [-0.1, -0.05) is 13.3 Å². The van der Waals surface area contributed by atoms with Crippen molar-refractivity contribution in [3.63, 3.8) is 0 Å². The van der Waals surface area contributed by atoms with Gasteiger partial charge in [-0.15, -0.1) is 0 Å². The minimum atomic E-state index is 0.882. The molecule has 1 saturated heterocycles. The van der Waals surface area contributed by atoms with Crippen LogP contribution in [0.25, 0.3) is 0 Å². The first kappa shape index (κ1) is 15.0. The number of aromatic nitrogens is 2. The highest BCUT2D eigenvalue weighted by molar-refractivity contribution is 5.56. The maximum absolute atomic E-state index is 4.70. The molecule has 0 aromatic carbocycles. The summed E-state index contributed by atoms with van der Waals surface area (Å²) in [5, 5.41) is 5.62. The summed E-state index contributed by atoms with van der Waals surface area (Å²) >= 11 is 0. The Labute approximate surface area is 122 Å². The van der Waals surface area contributed by atoms with Gasteiger partial charge in [0.15, 0.2) is 0 Å². The van der Waals surface area contributed by atoms with Gasteiger partial charge in [-0.25, -0.2) is 15.0 Å². The maximum atomic E-state index is 4.70. The van der Waals surface area contributed by atoms with Crippen molar-refractivity contribution < 1.29 is 0 Å². The first-order valence-corrected chi connectivity index (χ1v) is 7.87. The van der Waals surface area contributed by atoms with E-state index in [9.17, 15) is 0 Å². The lowest BCUT2D eigenvalue weighted by Crippen LogP contribution is -2.35. The summed E-state index contributed by atoms with van der Waals surface area (Å²) in [6.07, 6.45) is 5.85. The Morgan fingerprint density at radius 3 is 2.40 bits per heavy atom. The number of nitrogens with zero attached hydrogens (tertiary/aromatic N) is 3. The molecule has 0 aliphatic carbocycles. The summed E-state index contributed by atoms with van der Waals surface area (Å²) in [6, 6.07) is 0. The number of hydrogen-bond donors (Lipinski definition) is 2. The zero-order chi connectivity index (χ0) is 14.4. The van der Waals surface area contributed by atoms with Crippen LogP contribution in [-0.4, -0.2) is 34.6 Å². The van der Waals surface area contributed by atoms with E-state index >= 15 is 0 Å². The third-order valence-corrected chi connectivity index (χ3v) is 3.63. The predicted molar refractivity (Wildman–Crippen MR) is 84.0 cm³/mol. The van der Waals surface area contributed by atoms with Crippen molar-refractivity contribution in [1.82, 2.24) is 15.0 Å². The normalized spacial score (nSPS) is 16.1. The Bertz CT molecular complexity index is 427. The van der Waals surface area contributed by atoms with E-state index in [4.69, 9.17) is 4.98 Å². The van der Waals surface area contributed by atoms with Gasteiger partial charge in [0.2, 0.25) is 0 Å². The van der Waals surface area contributed by atoms with Gasteiger partial charge in [-0.05, 0) is 33.1 Å². The highest BCUT2D eigenvalue weighted by Crippen LogP contribution is 2.22. The molecule has 2 heterocycles. The number of piperidine rings is 1. The molecule has 0 radical (unpaired) electrons.